The average Bonchev–Trinajstić information content (AvgIpc) is 2.55. The highest BCUT2D eigenvalue weighted by atomic mass is 19.2. The van der Waals surface area contributed by atoms with Gasteiger partial charge in [-0.15, -0.1) is 0 Å². The number of piperazine rings is 1. The molecule has 1 fully saturated rings. The van der Waals surface area contributed by atoms with Crippen LogP contribution < -0.4 is 0 Å². The molecule has 0 radical (unpaired) electrons. The summed E-state index contributed by atoms with van der Waals surface area (Å²) < 4.78 is 26.9. The zero-order chi connectivity index (χ0) is 16.8. The van der Waals surface area contributed by atoms with E-state index in [1.54, 1.807) is 6.07 Å². The van der Waals surface area contributed by atoms with Crippen LogP contribution in [0, 0.1) is 11.6 Å². The van der Waals surface area contributed by atoms with Gasteiger partial charge in [0.25, 0.3) is 0 Å². The molecule has 1 amide bonds. The van der Waals surface area contributed by atoms with Crippen LogP contribution in [0.5, 0.6) is 0 Å². The largest absolute Gasteiger partial charge is 0.342 e. The Kier molecular flexibility index (Phi) is 6.47. The van der Waals surface area contributed by atoms with Gasteiger partial charge in [-0.2, -0.15) is 0 Å². The van der Waals surface area contributed by atoms with Crippen molar-refractivity contribution >= 4 is 5.91 Å². The maximum atomic E-state index is 13.7. The molecule has 2 rings (SSSR count). The summed E-state index contributed by atoms with van der Waals surface area (Å²) in [5.74, 6) is -1.41. The van der Waals surface area contributed by atoms with Gasteiger partial charge in [0.05, 0.1) is 6.54 Å². The first-order valence-electron chi connectivity index (χ1n) is 8.20. The van der Waals surface area contributed by atoms with Crippen molar-refractivity contribution < 1.29 is 13.6 Å². The molecule has 1 aliphatic heterocycles. The van der Waals surface area contributed by atoms with Crippen molar-refractivity contribution in [1.29, 1.82) is 0 Å². The number of halogens is 2. The molecule has 0 unspecified atom stereocenters. The van der Waals surface area contributed by atoms with Gasteiger partial charge in [-0.3, -0.25) is 14.6 Å². The fourth-order valence-electron chi connectivity index (χ4n) is 2.88. The van der Waals surface area contributed by atoms with Crippen molar-refractivity contribution in [3.05, 3.63) is 35.4 Å². The van der Waals surface area contributed by atoms with Crippen molar-refractivity contribution in [2.24, 2.45) is 0 Å². The summed E-state index contributed by atoms with van der Waals surface area (Å²) in [5, 5.41) is 0. The molecule has 0 bridgehead atoms. The van der Waals surface area contributed by atoms with Crippen molar-refractivity contribution in [3.8, 4) is 0 Å². The number of carbonyl (C=O) groups excluding carboxylic acids is 1. The van der Waals surface area contributed by atoms with Crippen molar-refractivity contribution in [2.75, 3.05) is 45.8 Å². The van der Waals surface area contributed by atoms with E-state index in [1.807, 2.05) is 18.7 Å². The first-order chi connectivity index (χ1) is 11.0. The molecule has 4 nitrogen and oxygen atoms in total. The lowest BCUT2D eigenvalue weighted by molar-refractivity contribution is -0.132. The topological polar surface area (TPSA) is 26.8 Å². The Morgan fingerprint density at radius 2 is 1.70 bits per heavy atom. The third kappa shape index (κ3) is 4.72. The molecule has 0 saturated carbocycles. The molecular formula is C17H25F2N3O. The standard InChI is InChI=1S/C17H25F2N3O/c1-3-22(4-2)16(23)13-21-10-8-20(9-11-21)12-14-6-5-7-15(18)17(14)19/h5-7H,3-4,8-13H2,1-2H3. The molecule has 0 spiro atoms. The van der Waals surface area contributed by atoms with Gasteiger partial charge < -0.3 is 4.90 Å². The van der Waals surface area contributed by atoms with Crippen LogP contribution in [0.25, 0.3) is 0 Å². The van der Waals surface area contributed by atoms with Crippen LogP contribution in [-0.2, 0) is 11.3 Å². The predicted octanol–water partition coefficient (Wildman–Crippen LogP) is 1.95. The van der Waals surface area contributed by atoms with E-state index in [0.717, 1.165) is 45.3 Å². The molecular weight excluding hydrogens is 300 g/mol. The summed E-state index contributed by atoms with van der Waals surface area (Å²) in [6, 6.07) is 4.29. The summed E-state index contributed by atoms with van der Waals surface area (Å²) >= 11 is 0. The summed E-state index contributed by atoms with van der Waals surface area (Å²) in [5.41, 5.74) is 0.387. The van der Waals surface area contributed by atoms with E-state index in [1.165, 1.54) is 6.07 Å². The van der Waals surface area contributed by atoms with Gasteiger partial charge in [-0.25, -0.2) is 8.78 Å². The SMILES string of the molecule is CCN(CC)C(=O)CN1CCN(Cc2cccc(F)c2F)CC1. The van der Waals surface area contributed by atoms with Crippen LogP contribution in [0.4, 0.5) is 8.78 Å². The molecule has 0 atom stereocenters. The normalized spacial score (nSPS) is 16.5. The number of hydrogen-bond acceptors (Lipinski definition) is 3. The summed E-state index contributed by atoms with van der Waals surface area (Å²) in [4.78, 5) is 18.2. The van der Waals surface area contributed by atoms with Gasteiger partial charge in [0.15, 0.2) is 11.6 Å². The average molecular weight is 325 g/mol. The van der Waals surface area contributed by atoms with Crippen LogP contribution in [0.1, 0.15) is 19.4 Å². The number of amides is 1. The molecule has 1 aliphatic rings. The second kappa shape index (κ2) is 8.36. The molecule has 0 aromatic heterocycles. The minimum absolute atomic E-state index is 0.152. The zero-order valence-corrected chi connectivity index (χ0v) is 13.9. The monoisotopic (exact) mass is 325 g/mol. The molecule has 1 aromatic carbocycles. The lowest BCUT2D eigenvalue weighted by Gasteiger charge is -2.35. The quantitative estimate of drug-likeness (QED) is 0.800. The summed E-state index contributed by atoms with van der Waals surface area (Å²) in [7, 11) is 0. The maximum absolute atomic E-state index is 13.7. The number of rotatable bonds is 6. The number of likely N-dealkylation sites (N-methyl/N-ethyl adjacent to an activating group) is 1. The first kappa shape index (κ1) is 17.8. The summed E-state index contributed by atoms with van der Waals surface area (Å²) in [6.45, 7) is 9.30. The second-order valence-corrected chi connectivity index (χ2v) is 5.83. The van der Waals surface area contributed by atoms with Gasteiger partial charge >= 0.3 is 0 Å². The number of nitrogens with zero attached hydrogens (tertiary/aromatic N) is 3. The third-order valence-corrected chi connectivity index (χ3v) is 4.37. The molecule has 6 heteroatoms. The van der Waals surface area contributed by atoms with E-state index in [-0.39, 0.29) is 5.91 Å². The van der Waals surface area contributed by atoms with E-state index in [0.29, 0.717) is 18.7 Å². The number of hydrogen-bond donors (Lipinski definition) is 0. The minimum atomic E-state index is -0.800. The first-order valence-corrected chi connectivity index (χ1v) is 8.20. The van der Waals surface area contributed by atoms with Crippen molar-refractivity contribution in [2.45, 2.75) is 20.4 Å². The number of benzene rings is 1. The van der Waals surface area contributed by atoms with E-state index >= 15 is 0 Å². The van der Waals surface area contributed by atoms with E-state index in [9.17, 15) is 13.6 Å². The smallest absolute Gasteiger partial charge is 0.236 e. The molecule has 0 aliphatic carbocycles. The Morgan fingerprint density at radius 1 is 1.09 bits per heavy atom. The van der Waals surface area contributed by atoms with Crippen molar-refractivity contribution in [1.82, 2.24) is 14.7 Å². The highest BCUT2D eigenvalue weighted by Crippen LogP contribution is 2.15. The summed E-state index contributed by atoms with van der Waals surface area (Å²) in [6.07, 6.45) is 0. The maximum Gasteiger partial charge on any atom is 0.236 e. The van der Waals surface area contributed by atoms with Gasteiger partial charge in [0.1, 0.15) is 0 Å². The molecule has 0 N–H and O–H groups in total. The lowest BCUT2D eigenvalue weighted by Crippen LogP contribution is -2.49. The molecule has 1 aromatic rings. The van der Waals surface area contributed by atoms with Gasteiger partial charge in [0, 0.05) is 51.4 Å². The second-order valence-electron chi connectivity index (χ2n) is 5.83. The molecule has 1 saturated heterocycles. The Bertz CT molecular complexity index is 527. The zero-order valence-electron chi connectivity index (χ0n) is 13.9. The molecule has 128 valence electrons. The van der Waals surface area contributed by atoms with Crippen LogP contribution in [0.15, 0.2) is 18.2 Å². The Morgan fingerprint density at radius 3 is 2.30 bits per heavy atom. The van der Waals surface area contributed by atoms with Crippen LogP contribution in [-0.4, -0.2) is 66.4 Å². The van der Waals surface area contributed by atoms with Crippen LogP contribution in [0.2, 0.25) is 0 Å². The third-order valence-electron chi connectivity index (χ3n) is 4.37. The highest BCUT2D eigenvalue weighted by Gasteiger charge is 2.21. The predicted molar refractivity (Wildman–Crippen MR) is 86.0 cm³/mol. The van der Waals surface area contributed by atoms with Gasteiger partial charge in [-0.05, 0) is 19.9 Å². The Hall–Kier alpha value is -1.53. The Labute approximate surface area is 136 Å². The molecule has 1 heterocycles. The minimum Gasteiger partial charge on any atom is -0.342 e. The van der Waals surface area contributed by atoms with Gasteiger partial charge in [0.2, 0.25) is 5.91 Å². The fourth-order valence-corrected chi connectivity index (χ4v) is 2.88. The van der Waals surface area contributed by atoms with Crippen LogP contribution in [0.3, 0.4) is 0 Å². The van der Waals surface area contributed by atoms with Gasteiger partial charge in [-0.1, -0.05) is 12.1 Å². The fraction of sp³-hybridized carbons (Fsp3) is 0.588. The van der Waals surface area contributed by atoms with E-state index in [2.05, 4.69) is 9.80 Å². The molecule has 23 heavy (non-hydrogen) atoms. The highest BCUT2D eigenvalue weighted by molar-refractivity contribution is 5.78. The van der Waals surface area contributed by atoms with Crippen LogP contribution >= 0.6 is 0 Å². The Balaban J connectivity index is 1.82. The van der Waals surface area contributed by atoms with Crippen molar-refractivity contribution in [3.63, 3.8) is 0 Å². The van der Waals surface area contributed by atoms with E-state index in [4.69, 9.17) is 0 Å². The lowest BCUT2D eigenvalue weighted by atomic mass is 10.1. The number of carbonyl (C=O) groups is 1. The van der Waals surface area contributed by atoms with E-state index < -0.39 is 11.6 Å².